The van der Waals surface area contributed by atoms with Gasteiger partial charge in [0.15, 0.2) is 11.7 Å². The molecule has 6 heteroatoms. The number of carbonyl (C=O) groups is 2. The second-order valence-electron chi connectivity index (χ2n) is 3.20. The predicted octanol–water partition coefficient (Wildman–Crippen LogP) is 2.06. The highest BCUT2D eigenvalue weighted by Crippen LogP contribution is 2.21. The van der Waals surface area contributed by atoms with Crippen LogP contribution in [0, 0.1) is 17.2 Å². The summed E-state index contributed by atoms with van der Waals surface area (Å²) < 4.78 is 0. The fourth-order valence-electron chi connectivity index (χ4n) is 1.24. The summed E-state index contributed by atoms with van der Waals surface area (Å²) in [5, 5.41) is 11.6. The Morgan fingerprint density at radius 3 is 2.24 bits per heavy atom. The number of amides is 1. The van der Waals surface area contributed by atoms with Crippen molar-refractivity contribution in [3.8, 4) is 6.07 Å². The number of benzene rings is 1. The van der Waals surface area contributed by atoms with Gasteiger partial charge in [-0.3, -0.25) is 9.59 Å². The third-order valence-corrected chi connectivity index (χ3v) is 2.48. The Hall–Kier alpha value is -1.57. The summed E-state index contributed by atoms with van der Waals surface area (Å²) in [6.07, 6.45) is 0. The van der Waals surface area contributed by atoms with E-state index in [-0.39, 0.29) is 15.6 Å². The van der Waals surface area contributed by atoms with Crippen molar-refractivity contribution in [3.05, 3.63) is 33.8 Å². The van der Waals surface area contributed by atoms with Crippen LogP contribution >= 0.6 is 23.2 Å². The molecular formula is C11H8Cl2N2O2. The Morgan fingerprint density at radius 2 is 1.82 bits per heavy atom. The number of hydrogen-bond acceptors (Lipinski definition) is 3. The topological polar surface area (TPSA) is 70.0 Å². The molecule has 1 amide bonds. The molecule has 1 rings (SSSR count). The van der Waals surface area contributed by atoms with E-state index < -0.39 is 17.6 Å². The molecule has 1 unspecified atom stereocenters. The minimum atomic E-state index is -1.39. The van der Waals surface area contributed by atoms with Crippen LogP contribution in [0.5, 0.6) is 0 Å². The van der Waals surface area contributed by atoms with E-state index in [1.165, 1.54) is 25.2 Å². The van der Waals surface area contributed by atoms with Gasteiger partial charge in [0.1, 0.15) is 0 Å². The SMILES string of the molecule is CNC(=O)C(C#N)C(=O)c1cc(Cl)cc(Cl)c1. The Bertz CT molecular complexity index is 488. The summed E-state index contributed by atoms with van der Waals surface area (Å²) in [4.78, 5) is 23.2. The number of nitriles is 1. The van der Waals surface area contributed by atoms with Crippen molar-refractivity contribution in [2.75, 3.05) is 7.05 Å². The summed E-state index contributed by atoms with van der Waals surface area (Å²) in [6.45, 7) is 0. The lowest BCUT2D eigenvalue weighted by atomic mass is 9.98. The number of Topliss-reactive ketones (excluding diaryl/α,β-unsaturated/α-hetero) is 1. The molecule has 0 spiro atoms. The van der Waals surface area contributed by atoms with E-state index in [1.54, 1.807) is 6.07 Å². The van der Waals surface area contributed by atoms with Crippen LogP contribution in [0.2, 0.25) is 10.0 Å². The highest BCUT2D eigenvalue weighted by molar-refractivity contribution is 6.35. The first-order valence-corrected chi connectivity index (χ1v) is 5.36. The molecule has 0 radical (unpaired) electrons. The molecule has 1 aromatic rings. The summed E-state index contributed by atoms with van der Waals surface area (Å²) in [5.74, 6) is -2.68. The lowest BCUT2D eigenvalue weighted by Gasteiger charge is -2.07. The van der Waals surface area contributed by atoms with Crippen LogP contribution in [-0.2, 0) is 4.79 Å². The standard InChI is InChI=1S/C11H8Cl2N2O2/c1-15-11(17)9(5-14)10(16)6-2-7(12)4-8(13)3-6/h2-4,9H,1H3,(H,15,17). The van der Waals surface area contributed by atoms with Gasteiger partial charge in [-0.15, -0.1) is 0 Å². The Balaban J connectivity index is 3.11. The molecule has 17 heavy (non-hydrogen) atoms. The summed E-state index contributed by atoms with van der Waals surface area (Å²) >= 11 is 11.5. The van der Waals surface area contributed by atoms with Gasteiger partial charge < -0.3 is 5.32 Å². The molecule has 0 saturated heterocycles. The molecule has 0 fully saturated rings. The van der Waals surface area contributed by atoms with E-state index in [0.29, 0.717) is 0 Å². The Morgan fingerprint density at radius 1 is 1.29 bits per heavy atom. The van der Waals surface area contributed by atoms with Crippen molar-refractivity contribution in [3.63, 3.8) is 0 Å². The number of rotatable bonds is 3. The molecule has 0 aliphatic heterocycles. The normalized spacial score (nSPS) is 11.4. The van der Waals surface area contributed by atoms with Gasteiger partial charge in [-0.1, -0.05) is 23.2 Å². The third kappa shape index (κ3) is 3.19. The minimum Gasteiger partial charge on any atom is -0.358 e. The van der Waals surface area contributed by atoms with Gasteiger partial charge in [0.05, 0.1) is 6.07 Å². The molecule has 0 aromatic heterocycles. The molecule has 0 aliphatic carbocycles. The van der Waals surface area contributed by atoms with Crippen LogP contribution in [0.3, 0.4) is 0 Å². The molecular weight excluding hydrogens is 263 g/mol. The van der Waals surface area contributed by atoms with Crippen LogP contribution in [0.1, 0.15) is 10.4 Å². The average Bonchev–Trinajstić information content (AvgIpc) is 2.28. The second kappa shape index (κ2) is 5.67. The average molecular weight is 271 g/mol. The Labute approximate surface area is 108 Å². The first-order chi connectivity index (χ1) is 7.99. The van der Waals surface area contributed by atoms with Crippen molar-refractivity contribution >= 4 is 34.9 Å². The highest BCUT2D eigenvalue weighted by Gasteiger charge is 2.26. The molecule has 0 saturated carbocycles. The monoisotopic (exact) mass is 270 g/mol. The number of hydrogen-bond donors (Lipinski definition) is 1. The molecule has 1 atom stereocenters. The molecule has 0 bridgehead atoms. The lowest BCUT2D eigenvalue weighted by Crippen LogP contribution is -2.32. The lowest BCUT2D eigenvalue weighted by molar-refractivity contribution is -0.121. The summed E-state index contributed by atoms with van der Waals surface area (Å²) in [7, 11) is 1.35. The van der Waals surface area contributed by atoms with Gasteiger partial charge in [-0.25, -0.2) is 0 Å². The van der Waals surface area contributed by atoms with Crippen LogP contribution < -0.4 is 5.32 Å². The summed E-state index contributed by atoms with van der Waals surface area (Å²) in [5.41, 5.74) is 0.137. The second-order valence-corrected chi connectivity index (χ2v) is 4.07. The zero-order chi connectivity index (χ0) is 13.0. The largest absolute Gasteiger partial charge is 0.358 e. The molecule has 4 nitrogen and oxygen atoms in total. The van der Waals surface area contributed by atoms with E-state index in [4.69, 9.17) is 28.5 Å². The smallest absolute Gasteiger partial charge is 0.245 e. The third-order valence-electron chi connectivity index (χ3n) is 2.05. The van der Waals surface area contributed by atoms with Crippen molar-refractivity contribution in [2.24, 2.45) is 5.92 Å². The Kier molecular flexibility index (Phi) is 4.50. The number of halogens is 2. The highest BCUT2D eigenvalue weighted by atomic mass is 35.5. The van der Waals surface area contributed by atoms with Gasteiger partial charge in [-0.2, -0.15) is 5.26 Å². The van der Waals surface area contributed by atoms with Crippen molar-refractivity contribution in [1.29, 1.82) is 5.26 Å². The quantitative estimate of drug-likeness (QED) is 0.675. The molecule has 1 aromatic carbocycles. The van der Waals surface area contributed by atoms with Gasteiger partial charge in [0, 0.05) is 22.7 Å². The van der Waals surface area contributed by atoms with Crippen LogP contribution in [0.4, 0.5) is 0 Å². The fraction of sp³-hybridized carbons (Fsp3) is 0.182. The van der Waals surface area contributed by atoms with E-state index >= 15 is 0 Å². The minimum absolute atomic E-state index is 0.137. The van der Waals surface area contributed by atoms with Gasteiger partial charge in [0.2, 0.25) is 5.91 Å². The maximum Gasteiger partial charge on any atom is 0.245 e. The van der Waals surface area contributed by atoms with E-state index in [1.807, 2.05) is 0 Å². The fourth-order valence-corrected chi connectivity index (χ4v) is 1.77. The van der Waals surface area contributed by atoms with Gasteiger partial charge in [-0.05, 0) is 18.2 Å². The zero-order valence-corrected chi connectivity index (χ0v) is 10.3. The predicted molar refractivity (Wildman–Crippen MR) is 64.0 cm³/mol. The zero-order valence-electron chi connectivity index (χ0n) is 8.83. The van der Waals surface area contributed by atoms with E-state index in [2.05, 4.69) is 5.32 Å². The van der Waals surface area contributed by atoms with Crippen LogP contribution in [-0.4, -0.2) is 18.7 Å². The number of ketones is 1. The van der Waals surface area contributed by atoms with Crippen LogP contribution in [0.25, 0.3) is 0 Å². The van der Waals surface area contributed by atoms with Gasteiger partial charge in [0.25, 0.3) is 0 Å². The number of nitrogens with one attached hydrogen (secondary N) is 1. The first-order valence-electron chi connectivity index (χ1n) is 4.61. The molecule has 88 valence electrons. The van der Waals surface area contributed by atoms with Crippen molar-refractivity contribution in [2.45, 2.75) is 0 Å². The van der Waals surface area contributed by atoms with E-state index in [9.17, 15) is 9.59 Å². The molecule has 0 aliphatic rings. The van der Waals surface area contributed by atoms with Crippen LogP contribution in [0.15, 0.2) is 18.2 Å². The first kappa shape index (κ1) is 13.5. The maximum absolute atomic E-state index is 11.9. The van der Waals surface area contributed by atoms with E-state index in [0.717, 1.165) is 0 Å². The molecule has 1 N–H and O–H groups in total. The maximum atomic E-state index is 11.9. The van der Waals surface area contributed by atoms with Crippen molar-refractivity contribution < 1.29 is 9.59 Å². The number of nitrogens with zero attached hydrogens (tertiary/aromatic N) is 1. The summed E-state index contributed by atoms with van der Waals surface area (Å²) in [6, 6.07) is 5.83. The number of carbonyl (C=O) groups excluding carboxylic acids is 2. The van der Waals surface area contributed by atoms with Gasteiger partial charge >= 0.3 is 0 Å². The van der Waals surface area contributed by atoms with Crippen molar-refractivity contribution in [1.82, 2.24) is 5.32 Å². The molecule has 0 heterocycles.